The lowest BCUT2D eigenvalue weighted by Crippen LogP contribution is -2.61. The monoisotopic (exact) mass is 1190 g/mol. The van der Waals surface area contributed by atoms with Crippen LogP contribution in [-0.4, -0.2) is 171 Å². The highest BCUT2D eigenvalue weighted by Gasteiger charge is 2.36. The first-order chi connectivity index (χ1) is 39.5. The predicted octanol–water partition coefficient (Wildman–Crippen LogP) is -0.712. The first kappa shape index (κ1) is 72.2. The number of thioether (sulfide) groups is 1. The van der Waals surface area contributed by atoms with Crippen LogP contribution in [0.5, 0.6) is 5.75 Å². The molecule has 0 unspecified atom stereocenters. The molecule has 0 saturated heterocycles. The summed E-state index contributed by atoms with van der Waals surface area (Å²) in [5, 5.41) is 50.6. The number of phenolic OH excluding ortho intramolecular Hbond substituents is 1. The van der Waals surface area contributed by atoms with E-state index in [1.165, 1.54) is 48.6 Å². The number of carboxylic acid groups (broad SMARTS) is 2. The Bertz CT molecular complexity index is 2350. The number of carbonyl (C=O) groups excluding carboxylic acids is 8. The molecule has 0 fully saturated rings. The molecule has 0 saturated carbocycles. The number of aromatic amines is 1. The van der Waals surface area contributed by atoms with E-state index >= 15 is 0 Å². The standard InChI is InChI=1S/C55H92N14O13S/c1-6-33(4)46(59)54(80)66-39(15-9-12-25-58)48(74)64-40(20-21-45(71)72)50(76)68-43(29-35-30-60-31-61-35)53(79)65-41(22-26-83-5)51(77)67-42(27-32(2)3)52(78)63-37(13-7-10-23-56)47(73)62-38(14-8-11-24-57)49(75)69-44(55(81)82)28-34-16-18-36(70)19-17-34/h16-19,30-33,37-44,46,70H,6-15,20-29,56-59H2,1-5H3,(H,60,61)(H,62,73)(H,63,78)(H,64,74)(H,65,79)(H,66,80)(H,67,77)(H,68,76)(H,69,75)(H,71,72)(H,81,82)/t33-,37-,38-,39-,40-,41-,42-,43-,44-,46-/m0/s1. The van der Waals surface area contributed by atoms with Gasteiger partial charge in [-0.3, -0.25) is 43.2 Å². The summed E-state index contributed by atoms with van der Waals surface area (Å²) in [6.45, 7) is 8.09. The van der Waals surface area contributed by atoms with E-state index in [0.717, 1.165) is 0 Å². The van der Waals surface area contributed by atoms with Gasteiger partial charge in [0, 0.05) is 31.2 Å². The highest BCUT2D eigenvalue weighted by Crippen LogP contribution is 2.15. The van der Waals surface area contributed by atoms with Gasteiger partial charge in [0.05, 0.1) is 12.4 Å². The Hall–Kier alpha value is -6.88. The van der Waals surface area contributed by atoms with E-state index < -0.39 is 126 Å². The first-order valence-corrected chi connectivity index (χ1v) is 29.8. The molecule has 83 heavy (non-hydrogen) atoms. The molecule has 0 aliphatic carbocycles. The lowest BCUT2D eigenvalue weighted by Gasteiger charge is -2.28. The van der Waals surface area contributed by atoms with Gasteiger partial charge >= 0.3 is 11.9 Å². The van der Waals surface area contributed by atoms with Crippen molar-refractivity contribution in [3.8, 4) is 5.75 Å². The number of imidazole rings is 1. The zero-order chi connectivity index (χ0) is 62.0. The SMILES string of the molecule is CC[C@H](C)[C@H](N)C(=O)N[C@@H](CCCCN)C(=O)N[C@@H](CCC(=O)O)C(=O)N[C@@H](Cc1cnc[nH]1)C(=O)N[C@@H](CCSC)C(=O)N[C@@H](CC(C)C)C(=O)N[C@@H](CCCCN)C(=O)N[C@@H](CCCCN)C(=O)N[C@@H](Cc1ccc(O)cc1)C(=O)O. The summed E-state index contributed by atoms with van der Waals surface area (Å²) >= 11 is 1.36. The maximum absolute atomic E-state index is 14.5. The summed E-state index contributed by atoms with van der Waals surface area (Å²) in [7, 11) is 0. The molecule has 8 amide bonds. The minimum Gasteiger partial charge on any atom is -0.508 e. The number of unbranched alkanes of at least 4 members (excludes halogenated alkanes) is 3. The van der Waals surface area contributed by atoms with Crippen LogP contribution in [0.2, 0.25) is 0 Å². The third kappa shape index (κ3) is 27.8. The van der Waals surface area contributed by atoms with Gasteiger partial charge in [0.1, 0.15) is 54.1 Å². The number of benzene rings is 1. The highest BCUT2D eigenvalue weighted by molar-refractivity contribution is 7.98. The Morgan fingerprint density at radius 3 is 1.37 bits per heavy atom. The van der Waals surface area contributed by atoms with Crippen molar-refractivity contribution in [3.63, 3.8) is 0 Å². The fraction of sp³-hybridized carbons (Fsp3) is 0.655. The van der Waals surface area contributed by atoms with Crippen molar-refractivity contribution < 1.29 is 63.3 Å². The molecule has 0 radical (unpaired) electrons. The van der Waals surface area contributed by atoms with Crippen LogP contribution in [-0.2, 0) is 60.8 Å². The number of nitrogens with two attached hydrogens (primary N) is 4. The Balaban J connectivity index is 2.47. The molecule has 2 rings (SSSR count). The van der Waals surface area contributed by atoms with Crippen LogP contribution in [0.25, 0.3) is 0 Å². The van der Waals surface area contributed by atoms with E-state index in [0.29, 0.717) is 68.5 Å². The maximum atomic E-state index is 14.5. The Labute approximate surface area is 490 Å². The zero-order valence-electron chi connectivity index (χ0n) is 48.5. The molecule has 10 atom stereocenters. The number of aliphatic carboxylic acids is 2. The molecule has 0 aliphatic heterocycles. The summed E-state index contributed by atoms with van der Waals surface area (Å²) in [5.74, 6) is -9.11. The third-order valence-electron chi connectivity index (χ3n) is 13.8. The molecular formula is C55H92N14O13S. The number of nitrogens with zero attached hydrogens (tertiary/aromatic N) is 1. The second kappa shape index (κ2) is 39.6. The molecule has 20 N–H and O–H groups in total. The predicted molar refractivity (Wildman–Crippen MR) is 313 cm³/mol. The largest absolute Gasteiger partial charge is 0.508 e. The second-order valence-electron chi connectivity index (χ2n) is 21.1. The number of phenols is 1. The number of nitrogens with one attached hydrogen (secondary N) is 9. The normalized spacial score (nSPS) is 14.9. The Morgan fingerprint density at radius 1 is 0.554 bits per heavy atom. The smallest absolute Gasteiger partial charge is 0.326 e. The van der Waals surface area contributed by atoms with Gasteiger partial charge in [0.2, 0.25) is 47.3 Å². The summed E-state index contributed by atoms with van der Waals surface area (Å²) in [5.41, 5.74) is 24.3. The number of aromatic hydroxyl groups is 1. The number of H-pyrrole nitrogens is 1. The van der Waals surface area contributed by atoms with Crippen molar-refractivity contribution in [2.24, 2.45) is 34.8 Å². The van der Waals surface area contributed by atoms with E-state index in [1.54, 1.807) is 27.0 Å². The number of aromatic nitrogens is 2. The van der Waals surface area contributed by atoms with Crippen molar-refractivity contribution >= 4 is 71.0 Å². The maximum Gasteiger partial charge on any atom is 0.326 e. The zero-order valence-corrected chi connectivity index (χ0v) is 49.4. The molecule has 1 aromatic carbocycles. The Morgan fingerprint density at radius 2 is 0.964 bits per heavy atom. The van der Waals surface area contributed by atoms with E-state index in [1.807, 2.05) is 6.92 Å². The number of hydrogen-bond acceptors (Lipinski definition) is 17. The van der Waals surface area contributed by atoms with Crippen molar-refractivity contribution in [2.75, 3.05) is 31.6 Å². The van der Waals surface area contributed by atoms with Crippen molar-refractivity contribution in [1.82, 2.24) is 52.5 Å². The number of rotatable bonds is 43. The van der Waals surface area contributed by atoms with E-state index in [4.69, 9.17) is 22.9 Å². The van der Waals surface area contributed by atoms with E-state index in [-0.39, 0.29) is 75.6 Å². The van der Waals surface area contributed by atoms with Crippen molar-refractivity contribution in [3.05, 3.63) is 48.0 Å². The van der Waals surface area contributed by atoms with Gasteiger partial charge < -0.3 is 85.8 Å². The molecule has 2 aromatic rings. The fourth-order valence-corrected chi connectivity index (χ4v) is 9.08. The minimum absolute atomic E-state index is 0.0312. The van der Waals surface area contributed by atoms with Crippen LogP contribution in [0.1, 0.15) is 129 Å². The van der Waals surface area contributed by atoms with Crippen LogP contribution < -0.4 is 65.5 Å². The van der Waals surface area contributed by atoms with Crippen LogP contribution in [0, 0.1) is 11.8 Å². The first-order valence-electron chi connectivity index (χ1n) is 28.5. The highest BCUT2D eigenvalue weighted by atomic mass is 32.2. The molecule has 1 heterocycles. The molecule has 0 spiro atoms. The van der Waals surface area contributed by atoms with Crippen LogP contribution in [0.4, 0.5) is 0 Å². The van der Waals surface area contributed by atoms with E-state index in [9.17, 15) is 63.3 Å². The summed E-state index contributed by atoms with van der Waals surface area (Å²) in [6.07, 6.45) is 6.67. The topological polar surface area (TPSA) is 460 Å². The quantitative estimate of drug-likeness (QED) is 0.0365. The van der Waals surface area contributed by atoms with Crippen molar-refractivity contribution in [1.29, 1.82) is 0 Å². The average Bonchev–Trinajstić information content (AvgIpc) is 4.02. The van der Waals surface area contributed by atoms with Gasteiger partial charge in [-0.25, -0.2) is 9.78 Å². The molecule has 28 heteroatoms. The van der Waals surface area contributed by atoms with Crippen LogP contribution in [0.3, 0.4) is 0 Å². The molecular weight excluding hydrogens is 1100 g/mol. The van der Waals surface area contributed by atoms with E-state index in [2.05, 4.69) is 52.5 Å². The van der Waals surface area contributed by atoms with Gasteiger partial charge in [-0.1, -0.05) is 46.2 Å². The molecule has 0 bridgehead atoms. The molecule has 0 aliphatic rings. The fourth-order valence-electron chi connectivity index (χ4n) is 8.61. The number of amides is 8. The lowest BCUT2D eigenvalue weighted by atomic mass is 9.98. The molecule has 27 nitrogen and oxygen atoms in total. The van der Waals surface area contributed by atoms with Gasteiger partial charge in [-0.2, -0.15) is 11.8 Å². The van der Waals surface area contributed by atoms with Crippen LogP contribution >= 0.6 is 11.8 Å². The molecule has 1 aromatic heterocycles. The number of carbonyl (C=O) groups is 10. The number of carboxylic acids is 2. The summed E-state index contributed by atoms with van der Waals surface area (Å²) in [6, 6.07) is -5.88. The Kier molecular flexibility index (Phi) is 34.4. The van der Waals surface area contributed by atoms with Gasteiger partial charge in [0.15, 0.2) is 0 Å². The van der Waals surface area contributed by atoms with Crippen molar-refractivity contribution in [2.45, 2.75) is 185 Å². The van der Waals surface area contributed by atoms with Crippen LogP contribution in [0.15, 0.2) is 36.8 Å². The average molecular weight is 1190 g/mol. The number of hydrogen-bond donors (Lipinski definition) is 16. The van der Waals surface area contributed by atoms with Gasteiger partial charge in [0.25, 0.3) is 0 Å². The second-order valence-corrected chi connectivity index (χ2v) is 22.1. The summed E-state index contributed by atoms with van der Waals surface area (Å²) < 4.78 is 0. The minimum atomic E-state index is -1.54. The molecule has 466 valence electrons. The summed E-state index contributed by atoms with van der Waals surface area (Å²) in [4.78, 5) is 144. The van der Waals surface area contributed by atoms with Gasteiger partial charge in [-0.05, 0) is 138 Å². The lowest BCUT2D eigenvalue weighted by molar-refractivity contribution is -0.142. The third-order valence-corrected chi connectivity index (χ3v) is 14.4. The van der Waals surface area contributed by atoms with Gasteiger partial charge in [-0.15, -0.1) is 0 Å².